The van der Waals surface area contributed by atoms with Crippen molar-refractivity contribution in [2.24, 2.45) is 5.10 Å². The highest BCUT2D eigenvalue weighted by Gasteiger charge is 2.16. The highest BCUT2D eigenvalue weighted by molar-refractivity contribution is 6.30. The van der Waals surface area contributed by atoms with Crippen molar-refractivity contribution < 1.29 is 4.79 Å². The second kappa shape index (κ2) is 6.10. The Bertz CT molecular complexity index is 652. The molecule has 0 aliphatic carbocycles. The zero-order chi connectivity index (χ0) is 14.7. The molecule has 21 heavy (non-hydrogen) atoms. The number of aryl methyl sites for hydroxylation is 2. The highest BCUT2D eigenvalue weighted by Crippen LogP contribution is 2.14. The summed E-state index contributed by atoms with van der Waals surface area (Å²) in [6.07, 6.45) is 6.57. The van der Waals surface area contributed by atoms with Crippen LogP contribution in [0.1, 0.15) is 34.7 Å². The van der Waals surface area contributed by atoms with E-state index in [1.54, 1.807) is 24.5 Å². The first-order valence-corrected chi connectivity index (χ1v) is 7.25. The molecule has 0 radical (unpaired) electrons. The molecular weight excluding hydrogens is 288 g/mol. The van der Waals surface area contributed by atoms with Crippen LogP contribution >= 0.6 is 11.6 Å². The number of aromatic nitrogens is 2. The smallest absolute Gasteiger partial charge is 0.291 e. The van der Waals surface area contributed by atoms with E-state index in [1.807, 2.05) is 16.7 Å². The summed E-state index contributed by atoms with van der Waals surface area (Å²) in [5.74, 6) is 0.690. The lowest BCUT2D eigenvalue weighted by atomic mass is 10.2. The molecule has 1 aliphatic rings. The van der Waals surface area contributed by atoms with E-state index in [0.29, 0.717) is 10.7 Å². The molecule has 0 saturated carbocycles. The van der Waals surface area contributed by atoms with E-state index < -0.39 is 0 Å². The van der Waals surface area contributed by atoms with E-state index in [0.717, 1.165) is 37.2 Å². The van der Waals surface area contributed by atoms with Gasteiger partial charge in [-0.05, 0) is 30.5 Å². The lowest BCUT2D eigenvalue weighted by molar-refractivity contribution is 0.0950. The van der Waals surface area contributed by atoms with Crippen LogP contribution in [0.2, 0.25) is 5.02 Å². The molecule has 1 aromatic heterocycles. The van der Waals surface area contributed by atoms with Gasteiger partial charge in [0.15, 0.2) is 0 Å². The summed E-state index contributed by atoms with van der Waals surface area (Å²) in [6, 6.07) is 7.20. The molecule has 0 bridgehead atoms. The van der Waals surface area contributed by atoms with E-state index in [2.05, 4.69) is 15.5 Å². The molecule has 5 nitrogen and oxygen atoms in total. The van der Waals surface area contributed by atoms with Gasteiger partial charge in [0, 0.05) is 24.2 Å². The van der Waals surface area contributed by atoms with E-state index in [9.17, 15) is 4.79 Å². The van der Waals surface area contributed by atoms with Gasteiger partial charge in [0.2, 0.25) is 0 Å². The number of amides is 1. The van der Waals surface area contributed by atoms with Crippen LogP contribution in [0.25, 0.3) is 0 Å². The van der Waals surface area contributed by atoms with E-state index >= 15 is 0 Å². The molecule has 0 atom stereocenters. The van der Waals surface area contributed by atoms with Gasteiger partial charge in [-0.2, -0.15) is 5.10 Å². The van der Waals surface area contributed by atoms with Gasteiger partial charge in [0.25, 0.3) is 5.91 Å². The second-order valence-electron chi connectivity index (χ2n) is 4.94. The van der Waals surface area contributed by atoms with Crippen molar-refractivity contribution in [1.82, 2.24) is 15.0 Å². The van der Waals surface area contributed by atoms with Gasteiger partial charge in [-0.3, -0.25) is 4.79 Å². The number of hydrogen-bond acceptors (Lipinski definition) is 3. The number of nitrogens with one attached hydrogen (secondary N) is 1. The number of fused-ring (bicyclic) bond motifs is 1. The molecule has 108 valence electrons. The third-order valence-corrected chi connectivity index (χ3v) is 3.64. The quantitative estimate of drug-likeness (QED) is 0.700. The summed E-state index contributed by atoms with van der Waals surface area (Å²) in [7, 11) is 0. The maximum atomic E-state index is 12.0. The topological polar surface area (TPSA) is 59.3 Å². The first-order chi connectivity index (χ1) is 10.2. The molecular formula is C15H15ClN4O. The minimum atomic E-state index is -0.290. The maximum absolute atomic E-state index is 12.0. The van der Waals surface area contributed by atoms with Gasteiger partial charge in [-0.15, -0.1) is 0 Å². The number of carbonyl (C=O) groups excluding carboxylic acids is 1. The molecule has 1 N–H and O–H groups in total. The lowest BCUT2D eigenvalue weighted by Gasteiger charge is -2.11. The number of carbonyl (C=O) groups is 1. The van der Waals surface area contributed by atoms with Crippen LogP contribution in [0.5, 0.6) is 0 Å². The molecule has 2 aromatic rings. The van der Waals surface area contributed by atoms with E-state index in [-0.39, 0.29) is 5.91 Å². The summed E-state index contributed by atoms with van der Waals surface area (Å²) in [6.45, 7) is 0.934. The third-order valence-electron chi connectivity index (χ3n) is 3.39. The predicted molar refractivity (Wildman–Crippen MR) is 81.7 cm³/mol. The van der Waals surface area contributed by atoms with Crippen LogP contribution in [0, 0.1) is 0 Å². The summed E-state index contributed by atoms with van der Waals surface area (Å²) in [4.78, 5) is 16.3. The molecule has 2 heterocycles. The second-order valence-corrected chi connectivity index (χ2v) is 5.38. The summed E-state index contributed by atoms with van der Waals surface area (Å²) < 4.78 is 2.04. The van der Waals surface area contributed by atoms with Gasteiger partial charge in [0.05, 0.1) is 6.21 Å². The number of hydrogen-bond donors (Lipinski definition) is 1. The van der Waals surface area contributed by atoms with Crippen molar-refractivity contribution in [3.63, 3.8) is 0 Å². The average molecular weight is 303 g/mol. The molecule has 1 amide bonds. The monoisotopic (exact) mass is 302 g/mol. The van der Waals surface area contributed by atoms with Crippen molar-refractivity contribution in [1.29, 1.82) is 0 Å². The predicted octanol–water partition coefficient (Wildman–Crippen LogP) is 2.64. The number of benzene rings is 1. The SMILES string of the molecule is O=C(N/N=C\c1ccc(Cl)cc1)c1cn2c(n1)CCCC2. The van der Waals surface area contributed by atoms with Gasteiger partial charge in [-0.1, -0.05) is 23.7 Å². The van der Waals surface area contributed by atoms with Gasteiger partial charge < -0.3 is 4.57 Å². The Morgan fingerprint density at radius 1 is 1.33 bits per heavy atom. The van der Waals surface area contributed by atoms with Crippen molar-refractivity contribution in [2.45, 2.75) is 25.8 Å². The Labute approximate surface area is 127 Å². The highest BCUT2D eigenvalue weighted by atomic mass is 35.5. The first kappa shape index (κ1) is 13.8. The summed E-state index contributed by atoms with van der Waals surface area (Å²) in [5, 5.41) is 4.60. The molecule has 0 saturated heterocycles. The van der Waals surface area contributed by atoms with Crippen LogP contribution in [0.3, 0.4) is 0 Å². The van der Waals surface area contributed by atoms with Crippen LogP contribution in [-0.4, -0.2) is 21.7 Å². The molecule has 0 spiro atoms. The normalized spacial score (nSPS) is 14.1. The Morgan fingerprint density at radius 3 is 2.90 bits per heavy atom. The van der Waals surface area contributed by atoms with Crippen LogP contribution < -0.4 is 5.43 Å². The number of hydrazone groups is 1. The van der Waals surface area contributed by atoms with Crippen LogP contribution in [-0.2, 0) is 13.0 Å². The number of rotatable bonds is 3. The molecule has 0 unspecified atom stereocenters. The Kier molecular flexibility index (Phi) is 4.01. The number of nitrogens with zero attached hydrogens (tertiary/aromatic N) is 3. The zero-order valence-corrected chi connectivity index (χ0v) is 12.2. The Balaban J connectivity index is 1.63. The fourth-order valence-corrected chi connectivity index (χ4v) is 2.42. The number of imidazole rings is 1. The molecule has 3 rings (SSSR count). The minimum absolute atomic E-state index is 0.290. The van der Waals surface area contributed by atoms with Crippen molar-refractivity contribution in [3.8, 4) is 0 Å². The minimum Gasteiger partial charge on any atom is -0.334 e. The van der Waals surface area contributed by atoms with Crippen LogP contribution in [0.15, 0.2) is 35.6 Å². The molecule has 1 aliphatic heterocycles. The number of halogens is 1. The molecule has 6 heteroatoms. The zero-order valence-electron chi connectivity index (χ0n) is 11.4. The van der Waals surface area contributed by atoms with Crippen molar-refractivity contribution in [2.75, 3.05) is 0 Å². The van der Waals surface area contributed by atoms with Gasteiger partial charge in [0.1, 0.15) is 11.5 Å². The Morgan fingerprint density at radius 2 is 2.14 bits per heavy atom. The molecule has 1 aromatic carbocycles. The average Bonchev–Trinajstić information content (AvgIpc) is 2.93. The maximum Gasteiger partial charge on any atom is 0.291 e. The van der Waals surface area contributed by atoms with E-state index in [1.165, 1.54) is 0 Å². The van der Waals surface area contributed by atoms with Gasteiger partial charge in [-0.25, -0.2) is 10.4 Å². The fraction of sp³-hybridized carbons (Fsp3) is 0.267. The van der Waals surface area contributed by atoms with Crippen molar-refractivity contribution >= 4 is 23.7 Å². The molecule has 0 fully saturated rings. The van der Waals surface area contributed by atoms with Crippen molar-refractivity contribution in [3.05, 3.63) is 52.6 Å². The third kappa shape index (κ3) is 3.31. The van der Waals surface area contributed by atoms with Gasteiger partial charge >= 0.3 is 0 Å². The van der Waals surface area contributed by atoms with Crippen LogP contribution in [0.4, 0.5) is 0 Å². The summed E-state index contributed by atoms with van der Waals surface area (Å²) in [5.41, 5.74) is 3.77. The van der Waals surface area contributed by atoms with E-state index in [4.69, 9.17) is 11.6 Å². The Hall–Kier alpha value is -2.14. The first-order valence-electron chi connectivity index (χ1n) is 6.87. The standard InChI is InChI=1S/C15H15ClN4O/c16-12-6-4-11(5-7-12)9-17-19-15(21)13-10-20-8-2-1-3-14(20)18-13/h4-7,9-10H,1-3,8H2,(H,19,21)/b17-9-. The lowest BCUT2D eigenvalue weighted by Crippen LogP contribution is -2.18. The largest absolute Gasteiger partial charge is 0.334 e. The fourth-order valence-electron chi connectivity index (χ4n) is 2.29. The summed E-state index contributed by atoms with van der Waals surface area (Å²) >= 11 is 5.80.